The van der Waals surface area contributed by atoms with E-state index >= 15 is 0 Å². The van der Waals surface area contributed by atoms with Crippen LogP contribution in [0.4, 0.5) is 5.69 Å². The fourth-order valence-electron chi connectivity index (χ4n) is 2.63. The van der Waals surface area contributed by atoms with E-state index in [-0.39, 0.29) is 11.4 Å². The molecule has 1 spiro atoms. The lowest BCUT2D eigenvalue weighted by Crippen LogP contribution is -2.40. The highest BCUT2D eigenvalue weighted by molar-refractivity contribution is 6.58. The van der Waals surface area contributed by atoms with Crippen LogP contribution in [0.25, 0.3) is 0 Å². The number of anilines is 1. The average Bonchev–Trinajstić information content (AvgIpc) is 2.63. The molecule has 2 aliphatic rings. The third-order valence-electron chi connectivity index (χ3n) is 3.69. The van der Waals surface area contributed by atoms with Crippen LogP contribution in [0.1, 0.15) is 18.5 Å². The number of amides is 1. The highest BCUT2D eigenvalue weighted by Crippen LogP contribution is 2.42. The summed E-state index contributed by atoms with van der Waals surface area (Å²) in [4.78, 5) is 16.4. The van der Waals surface area contributed by atoms with Crippen molar-refractivity contribution in [3.8, 4) is 0 Å². The Morgan fingerprint density at radius 1 is 1.39 bits per heavy atom. The van der Waals surface area contributed by atoms with Gasteiger partial charge in [-0.1, -0.05) is 0 Å². The largest absolute Gasteiger partial charge is 0.490 e. The summed E-state index contributed by atoms with van der Waals surface area (Å²) in [6, 6.07) is 1.56. The molecular weight excluding hydrogens is 235 g/mol. The number of hydrogen-bond donors (Lipinski definition) is 3. The second-order valence-corrected chi connectivity index (χ2v) is 4.69. The molecule has 3 heterocycles. The van der Waals surface area contributed by atoms with Crippen LogP contribution in [0.5, 0.6) is 0 Å². The van der Waals surface area contributed by atoms with E-state index in [4.69, 9.17) is 14.8 Å². The van der Waals surface area contributed by atoms with E-state index in [0.29, 0.717) is 37.4 Å². The molecule has 0 atom stereocenters. The predicted molar refractivity (Wildman–Crippen MR) is 64.4 cm³/mol. The van der Waals surface area contributed by atoms with Crippen molar-refractivity contribution in [2.24, 2.45) is 0 Å². The summed E-state index contributed by atoms with van der Waals surface area (Å²) < 4.78 is 5.29. The van der Waals surface area contributed by atoms with Crippen LogP contribution in [0, 0.1) is 0 Å². The van der Waals surface area contributed by atoms with Crippen molar-refractivity contribution in [2.75, 3.05) is 18.5 Å². The molecule has 1 amide bonds. The lowest BCUT2D eigenvalue weighted by atomic mass is 9.76. The van der Waals surface area contributed by atoms with Crippen molar-refractivity contribution in [3.05, 3.63) is 18.0 Å². The number of rotatable bonds is 1. The zero-order valence-corrected chi connectivity index (χ0v) is 9.72. The Kier molecular flexibility index (Phi) is 2.62. The first kappa shape index (κ1) is 11.6. The highest BCUT2D eigenvalue weighted by atomic mass is 16.5. The Morgan fingerprint density at radius 3 is 2.78 bits per heavy atom. The van der Waals surface area contributed by atoms with Gasteiger partial charge in [0.05, 0.1) is 16.8 Å². The summed E-state index contributed by atoms with van der Waals surface area (Å²) in [5.74, 6) is -0.0714. The maximum Gasteiger partial charge on any atom is 0.490 e. The van der Waals surface area contributed by atoms with Crippen molar-refractivity contribution in [1.29, 1.82) is 0 Å². The zero-order valence-electron chi connectivity index (χ0n) is 9.72. The van der Waals surface area contributed by atoms with Crippen LogP contribution in [-0.2, 0) is 14.9 Å². The highest BCUT2D eigenvalue weighted by Gasteiger charge is 2.49. The van der Waals surface area contributed by atoms with Gasteiger partial charge in [-0.2, -0.15) is 0 Å². The Labute approximate surface area is 104 Å². The lowest BCUT2D eigenvalue weighted by molar-refractivity contribution is -0.124. The molecule has 1 saturated heterocycles. The summed E-state index contributed by atoms with van der Waals surface area (Å²) in [5.41, 5.74) is 0.942. The third kappa shape index (κ3) is 1.55. The van der Waals surface area contributed by atoms with Crippen LogP contribution < -0.4 is 10.8 Å². The first-order valence-corrected chi connectivity index (χ1v) is 5.89. The van der Waals surface area contributed by atoms with E-state index in [0.717, 1.165) is 0 Å². The van der Waals surface area contributed by atoms with Crippen molar-refractivity contribution >= 4 is 24.2 Å². The van der Waals surface area contributed by atoms with E-state index in [2.05, 4.69) is 10.3 Å². The number of ether oxygens (including phenoxy) is 1. The van der Waals surface area contributed by atoms with E-state index in [1.807, 2.05) is 0 Å². The second-order valence-electron chi connectivity index (χ2n) is 4.69. The van der Waals surface area contributed by atoms with E-state index in [1.54, 1.807) is 6.07 Å². The minimum absolute atomic E-state index is 0.0714. The molecule has 0 aromatic carbocycles. The minimum Gasteiger partial charge on any atom is -0.423 e. The van der Waals surface area contributed by atoms with Gasteiger partial charge in [0.1, 0.15) is 0 Å². The second kappa shape index (κ2) is 4.05. The summed E-state index contributed by atoms with van der Waals surface area (Å²) in [5, 5.41) is 21.0. The van der Waals surface area contributed by atoms with E-state index in [9.17, 15) is 4.79 Å². The molecule has 1 aromatic heterocycles. The van der Waals surface area contributed by atoms with Gasteiger partial charge in [-0.05, 0) is 18.9 Å². The molecule has 0 saturated carbocycles. The topological polar surface area (TPSA) is 91.7 Å². The maximum absolute atomic E-state index is 12.2. The van der Waals surface area contributed by atoms with E-state index in [1.165, 1.54) is 6.20 Å². The van der Waals surface area contributed by atoms with Gasteiger partial charge in [0.25, 0.3) is 0 Å². The van der Waals surface area contributed by atoms with Gasteiger partial charge in [0.2, 0.25) is 5.91 Å². The van der Waals surface area contributed by atoms with Gasteiger partial charge in [0.15, 0.2) is 0 Å². The van der Waals surface area contributed by atoms with Crippen LogP contribution in [0.2, 0.25) is 0 Å². The molecule has 94 valence electrons. The maximum atomic E-state index is 12.2. The molecule has 1 aromatic rings. The lowest BCUT2D eigenvalue weighted by Gasteiger charge is -2.30. The Hall–Kier alpha value is -1.44. The van der Waals surface area contributed by atoms with Crippen molar-refractivity contribution in [1.82, 2.24) is 4.98 Å². The zero-order chi connectivity index (χ0) is 12.8. The number of nitrogens with zero attached hydrogens (tertiary/aromatic N) is 1. The monoisotopic (exact) mass is 248 g/mol. The number of carbonyl (C=O) groups is 1. The van der Waals surface area contributed by atoms with Gasteiger partial charge in [-0.3, -0.25) is 9.78 Å². The van der Waals surface area contributed by atoms with Crippen molar-refractivity contribution in [2.45, 2.75) is 18.3 Å². The number of nitrogens with one attached hydrogen (secondary N) is 1. The SMILES string of the molecule is O=C1Nc2cc(B(O)O)cnc2C12CCOCC2. The van der Waals surface area contributed by atoms with Gasteiger partial charge in [-0.25, -0.2) is 0 Å². The first-order valence-electron chi connectivity index (χ1n) is 5.89. The van der Waals surface area contributed by atoms with Gasteiger partial charge in [-0.15, -0.1) is 0 Å². The summed E-state index contributed by atoms with van der Waals surface area (Å²) >= 11 is 0. The third-order valence-corrected chi connectivity index (χ3v) is 3.69. The fourth-order valence-corrected chi connectivity index (χ4v) is 2.63. The summed E-state index contributed by atoms with van der Waals surface area (Å²) in [6.45, 7) is 1.08. The molecule has 0 aliphatic carbocycles. The van der Waals surface area contributed by atoms with Crippen LogP contribution >= 0.6 is 0 Å². The fraction of sp³-hybridized carbons (Fsp3) is 0.455. The molecule has 3 N–H and O–H groups in total. The normalized spacial score (nSPS) is 20.7. The molecule has 1 fully saturated rings. The van der Waals surface area contributed by atoms with Gasteiger partial charge in [0, 0.05) is 24.9 Å². The molecule has 0 bridgehead atoms. The van der Waals surface area contributed by atoms with Crippen LogP contribution in [0.3, 0.4) is 0 Å². The smallest absolute Gasteiger partial charge is 0.423 e. The number of hydrogen-bond acceptors (Lipinski definition) is 5. The molecule has 0 unspecified atom stereocenters. The molecule has 3 rings (SSSR count). The molecule has 7 heteroatoms. The Balaban J connectivity index is 2.05. The number of fused-ring (bicyclic) bond motifs is 2. The van der Waals surface area contributed by atoms with Crippen LogP contribution in [0.15, 0.2) is 12.3 Å². The molecule has 18 heavy (non-hydrogen) atoms. The molecular formula is C11H13BN2O4. The van der Waals surface area contributed by atoms with Crippen LogP contribution in [-0.4, -0.2) is 41.3 Å². The van der Waals surface area contributed by atoms with Crippen molar-refractivity contribution in [3.63, 3.8) is 0 Å². The molecule has 0 radical (unpaired) electrons. The predicted octanol–water partition coefficient (Wildman–Crippen LogP) is -1.24. The van der Waals surface area contributed by atoms with Crippen molar-refractivity contribution < 1.29 is 19.6 Å². The molecule has 2 aliphatic heterocycles. The number of carbonyl (C=O) groups excluding carboxylic acids is 1. The molecule has 6 nitrogen and oxygen atoms in total. The van der Waals surface area contributed by atoms with Gasteiger partial charge >= 0.3 is 7.12 Å². The standard InChI is InChI=1S/C11H13BN2O4/c15-10-11(1-3-18-4-2-11)9-8(14-10)5-7(6-13-9)12(16)17/h5-6,16-17H,1-4H2,(H,14,15). The average molecular weight is 248 g/mol. The Morgan fingerprint density at radius 2 is 2.11 bits per heavy atom. The Bertz CT molecular complexity index is 500. The van der Waals surface area contributed by atoms with E-state index < -0.39 is 12.5 Å². The first-order chi connectivity index (χ1) is 8.63. The summed E-state index contributed by atoms with van der Waals surface area (Å²) in [6.07, 6.45) is 2.63. The summed E-state index contributed by atoms with van der Waals surface area (Å²) in [7, 11) is -1.58. The quantitative estimate of drug-likeness (QED) is 0.541. The number of aromatic nitrogens is 1. The minimum atomic E-state index is -1.58. The van der Waals surface area contributed by atoms with Gasteiger partial charge < -0.3 is 20.1 Å². The number of pyridine rings is 1.